The minimum Gasteiger partial charge on any atom is -0.355 e. The maximum atomic E-state index is 11.9. The molecule has 4 heteroatoms. The highest BCUT2D eigenvalue weighted by molar-refractivity contribution is 5.78. The highest BCUT2D eigenvalue weighted by Crippen LogP contribution is 2.27. The van der Waals surface area contributed by atoms with Crippen molar-refractivity contribution in [1.82, 2.24) is 10.2 Å². The summed E-state index contributed by atoms with van der Waals surface area (Å²) in [5.74, 6) is 0.879. The first kappa shape index (κ1) is 15.4. The quantitative estimate of drug-likeness (QED) is 0.654. The third-order valence-electron chi connectivity index (χ3n) is 4.37. The zero-order valence-electron chi connectivity index (χ0n) is 12.2. The molecular weight excluding hydrogens is 226 g/mol. The molecule has 4 nitrogen and oxygen atoms in total. The predicted molar refractivity (Wildman–Crippen MR) is 75.3 cm³/mol. The molecule has 1 saturated carbocycles. The molecule has 1 fully saturated rings. The zero-order chi connectivity index (χ0) is 13.6. The van der Waals surface area contributed by atoms with Crippen LogP contribution < -0.4 is 11.1 Å². The largest absolute Gasteiger partial charge is 0.355 e. The summed E-state index contributed by atoms with van der Waals surface area (Å²) in [5, 5.41) is 3.03. The molecule has 0 bridgehead atoms. The lowest BCUT2D eigenvalue weighted by molar-refractivity contribution is -0.124. The third kappa shape index (κ3) is 3.95. The monoisotopic (exact) mass is 255 g/mol. The lowest BCUT2D eigenvalue weighted by Gasteiger charge is -2.41. The fraction of sp³-hybridized carbons (Fsp3) is 0.929. The van der Waals surface area contributed by atoms with Crippen molar-refractivity contribution in [3.8, 4) is 0 Å². The Balaban J connectivity index is 2.49. The van der Waals surface area contributed by atoms with E-state index in [9.17, 15) is 4.79 Å². The molecule has 0 aromatic heterocycles. The lowest BCUT2D eigenvalue weighted by atomic mass is 9.90. The molecule has 18 heavy (non-hydrogen) atoms. The molecule has 0 aromatic rings. The highest BCUT2D eigenvalue weighted by Gasteiger charge is 2.32. The van der Waals surface area contributed by atoms with E-state index in [4.69, 9.17) is 5.73 Å². The van der Waals surface area contributed by atoms with Crippen molar-refractivity contribution in [3.05, 3.63) is 0 Å². The van der Waals surface area contributed by atoms with Gasteiger partial charge in [0.2, 0.25) is 5.91 Å². The molecular formula is C14H29N3O. The van der Waals surface area contributed by atoms with E-state index in [0.29, 0.717) is 13.1 Å². The second-order valence-corrected chi connectivity index (χ2v) is 5.40. The summed E-state index contributed by atoms with van der Waals surface area (Å²) in [4.78, 5) is 14.2. The van der Waals surface area contributed by atoms with E-state index < -0.39 is 0 Å². The van der Waals surface area contributed by atoms with Crippen LogP contribution in [-0.4, -0.2) is 42.5 Å². The van der Waals surface area contributed by atoms with Crippen molar-refractivity contribution in [2.75, 3.05) is 26.2 Å². The Hall–Kier alpha value is -0.610. The normalized spacial score (nSPS) is 16.1. The van der Waals surface area contributed by atoms with Gasteiger partial charge in [0.05, 0.1) is 6.54 Å². The van der Waals surface area contributed by atoms with Crippen LogP contribution in [-0.2, 0) is 4.79 Å². The van der Waals surface area contributed by atoms with Gasteiger partial charge in [-0.15, -0.1) is 0 Å². The van der Waals surface area contributed by atoms with Crippen LogP contribution in [0.1, 0.15) is 46.5 Å². The van der Waals surface area contributed by atoms with Crippen molar-refractivity contribution in [2.45, 2.75) is 52.0 Å². The van der Waals surface area contributed by atoms with Gasteiger partial charge in [-0.25, -0.2) is 0 Å². The first-order chi connectivity index (χ1) is 8.61. The molecule has 106 valence electrons. The van der Waals surface area contributed by atoms with Crippen LogP contribution in [0.25, 0.3) is 0 Å². The molecule has 1 amide bonds. The summed E-state index contributed by atoms with van der Waals surface area (Å²) in [5.41, 5.74) is 5.92. The van der Waals surface area contributed by atoms with E-state index >= 15 is 0 Å². The van der Waals surface area contributed by atoms with Crippen molar-refractivity contribution in [1.29, 1.82) is 0 Å². The Morgan fingerprint density at radius 2 is 1.94 bits per heavy atom. The summed E-state index contributed by atoms with van der Waals surface area (Å²) in [6.45, 7) is 9.22. The molecule has 0 saturated heterocycles. The molecule has 0 radical (unpaired) electrons. The number of hydrogen-bond donors (Lipinski definition) is 2. The van der Waals surface area contributed by atoms with Gasteiger partial charge >= 0.3 is 0 Å². The highest BCUT2D eigenvalue weighted by atomic mass is 16.2. The van der Waals surface area contributed by atoms with Gasteiger partial charge in [0, 0.05) is 18.6 Å². The van der Waals surface area contributed by atoms with Crippen LogP contribution in [0.5, 0.6) is 0 Å². The molecule has 1 aliphatic carbocycles. The van der Waals surface area contributed by atoms with E-state index in [1.54, 1.807) is 0 Å². The summed E-state index contributed by atoms with van der Waals surface area (Å²) in [6.07, 6.45) is 4.52. The smallest absolute Gasteiger partial charge is 0.234 e. The molecule has 3 N–H and O–H groups in total. The summed E-state index contributed by atoms with van der Waals surface area (Å²) in [6, 6.07) is 0. The first-order valence-electron chi connectivity index (χ1n) is 7.33. The zero-order valence-corrected chi connectivity index (χ0v) is 12.2. The van der Waals surface area contributed by atoms with E-state index in [2.05, 4.69) is 31.0 Å². The Bertz CT molecular complexity index is 252. The number of carbonyl (C=O) groups excluding carboxylic acids is 1. The number of hydrogen-bond acceptors (Lipinski definition) is 3. The number of nitrogens with one attached hydrogen (secondary N) is 1. The van der Waals surface area contributed by atoms with Gasteiger partial charge in [0.1, 0.15) is 0 Å². The fourth-order valence-electron chi connectivity index (χ4n) is 2.54. The van der Waals surface area contributed by atoms with Crippen LogP contribution in [0.3, 0.4) is 0 Å². The molecule has 1 aliphatic rings. The SMILES string of the molecule is CCN(CC(=O)NCC1CC1)C(CC)(CC)CN. The van der Waals surface area contributed by atoms with E-state index in [-0.39, 0.29) is 11.4 Å². The second-order valence-electron chi connectivity index (χ2n) is 5.40. The lowest BCUT2D eigenvalue weighted by Crippen LogP contribution is -2.56. The molecule has 0 aliphatic heterocycles. The molecule has 0 aromatic carbocycles. The number of carbonyl (C=O) groups is 1. The maximum Gasteiger partial charge on any atom is 0.234 e. The second kappa shape index (κ2) is 7.10. The number of likely N-dealkylation sites (N-methyl/N-ethyl adjacent to an activating group) is 1. The average molecular weight is 255 g/mol. The Morgan fingerprint density at radius 1 is 1.33 bits per heavy atom. The maximum absolute atomic E-state index is 11.9. The number of nitrogens with two attached hydrogens (primary N) is 1. The minimum absolute atomic E-state index is 0.0222. The predicted octanol–water partition coefficient (Wildman–Crippen LogP) is 1.35. The van der Waals surface area contributed by atoms with Gasteiger partial charge in [0.15, 0.2) is 0 Å². The van der Waals surface area contributed by atoms with Crippen molar-refractivity contribution in [2.24, 2.45) is 11.7 Å². The van der Waals surface area contributed by atoms with Crippen molar-refractivity contribution >= 4 is 5.91 Å². The van der Waals surface area contributed by atoms with Gasteiger partial charge in [-0.3, -0.25) is 9.69 Å². The minimum atomic E-state index is -0.0222. The van der Waals surface area contributed by atoms with Gasteiger partial charge < -0.3 is 11.1 Å². The van der Waals surface area contributed by atoms with Crippen molar-refractivity contribution < 1.29 is 4.79 Å². The standard InChI is InChI=1S/C14H29N3O/c1-4-14(5-2,11-15)17(6-3)10-13(18)16-9-12-7-8-12/h12H,4-11,15H2,1-3H3,(H,16,18). The molecule has 0 atom stereocenters. The average Bonchev–Trinajstić information content (AvgIpc) is 3.21. The number of amides is 1. The van der Waals surface area contributed by atoms with Crippen molar-refractivity contribution in [3.63, 3.8) is 0 Å². The van der Waals surface area contributed by atoms with Crippen LogP contribution in [0.2, 0.25) is 0 Å². The van der Waals surface area contributed by atoms with Gasteiger partial charge in [0.25, 0.3) is 0 Å². The number of nitrogens with zero attached hydrogens (tertiary/aromatic N) is 1. The Kier molecular flexibility index (Phi) is 6.09. The summed E-state index contributed by atoms with van der Waals surface area (Å²) >= 11 is 0. The van der Waals surface area contributed by atoms with Gasteiger partial charge in [-0.1, -0.05) is 20.8 Å². The van der Waals surface area contributed by atoms with Crippen LogP contribution in [0.4, 0.5) is 0 Å². The van der Waals surface area contributed by atoms with Crippen LogP contribution >= 0.6 is 0 Å². The molecule has 0 spiro atoms. The van der Waals surface area contributed by atoms with Gasteiger partial charge in [-0.2, -0.15) is 0 Å². The van der Waals surface area contributed by atoms with Gasteiger partial charge in [-0.05, 0) is 38.1 Å². The van der Waals surface area contributed by atoms with E-state index in [0.717, 1.165) is 31.8 Å². The molecule has 1 rings (SSSR count). The number of rotatable bonds is 9. The molecule has 0 heterocycles. The van der Waals surface area contributed by atoms with E-state index in [1.807, 2.05) is 0 Å². The first-order valence-corrected chi connectivity index (χ1v) is 7.33. The Morgan fingerprint density at radius 3 is 2.33 bits per heavy atom. The molecule has 0 unspecified atom stereocenters. The third-order valence-corrected chi connectivity index (χ3v) is 4.37. The summed E-state index contributed by atoms with van der Waals surface area (Å²) in [7, 11) is 0. The van der Waals surface area contributed by atoms with E-state index in [1.165, 1.54) is 12.8 Å². The van der Waals surface area contributed by atoms with Crippen LogP contribution in [0, 0.1) is 5.92 Å². The summed E-state index contributed by atoms with van der Waals surface area (Å²) < 4.78 is 0. The topological polar surface area (TPSA) is 58.4 Å². The van der Waals surface area contributed by atoms with Crippen LogP contribution in [0.15, 0.2) is 0 Å². The fourth-order valence-corrected chi connectivity index (χ4v) is 2.54. The Labute approximate surface area is 111 Å².